The van der Waals surface area contributed by atoms with E-state index in [-0.39, 0.29) is 39.1 Å². The number of piperidine rings is 3. The van der Waals surface area contributed by atoms with Crippen LogP contribution in [0.15, 0.2) is 158 Å². The molecule has 0 amide bonds. The molecule has 3 aromatic carbocycles. The zero-order chi connectivity index (χ0) is 69.5. The molecule has 6 aromatic heterocycles. The van der Waals surface area contributed by atoms with E-state index in [1.807, 2.05) is 72.1 Å². The van der Waals surface area contributed by atoms with Crippen molar-refractivity contribution in [2.24, 2.45) is 27.7 Å². The van der Waals surface area contributed by atoms with Crippen LogP contribution in [0.2, 0.25) is 15.1 Å². The molecule has 0 bridgehead atoms. The highest BCUT2D eigenvalue weighted by Gasteiger charge is 2.50. The minimum absolute atomic E-state index is 0.0379. The van der Waals surface area contributed by atoms with Gasteiger partial charge in [-0.2, -0.15) is 0 Å². The van der Waals surface area contributed by atoms with Crippen molar-refractivity contribution in [3.63, 3.8) is 0 Å². The molecule has 3 aliphatic heterocycles. The third-order valence-electron chi connectivity index (χ3n) is 20.7. The van der Waals surface area contributed by atoms with Gasteiger partial charge in [-0.1, -0.05) is 143 Å². The number of nitrogens with two attached hydrogens (primary N) is 5. The maximum atomic E-state index is 13.1. The molecule has 3 aliphatic carbocycles. The number of pyridine rings is 3. The number of benzene rings is 3. The summed E-state index contributed by atoms with van der Waals surface area (Å²) in [4.78, 5) is 50.1. The smallest absolute Gasteiger partial charge is 0.150 e. The van der Waals surface area contributed by atoms with E-state index in [2.05, 4.69) is 112 Å². The molecular formula is C73H83Cl3N18OS4. The highest BCUT2D eigenvalue weighted by atomic mass is 35.5. The Kier molecular flexibility index (Phi) is 20.8. The lowest BCUT2D eigenvalue weighted by molar-refractivity contribution is 0.177. The Morgan fingerprint density at radius 1 is 0.485 bits per heavy atom. The van der Waals surface area contributed by atoms with Gasteiger partial charge in [0.25, 0.3) is 0 Å². The maximum Gasteiger partial charge on any atom is 0.150 e. The number of aryl methyl sites for hydroxylation is 3. The van der Waals surface area contributed by atoms with Crippen molar-refractivity contribution in [3.05, 3.63) is 194 Å². The van der Waals surface area contributed by atoms with Gasteiger partial charge in [0.15, 0.2) is 0 Å². The van der Waals surface area contributed by atoms with Gasteiger partial charge < -0.3 is 43.4 Å². The van der Waals surface area contributed by atoms with Crippen molar-refractivity contribution in [1.29, 1.82) is 0 Å². The second-order valence-electron chi connectivity index (χ2n) is 27.7. The van der Waals surface area contributed by atoms with Gasteiger partial charge >= 0.3 is 0 Å². The van der Waals surface area contributed by atoms with Crippen molar-refractivity contribution in [2.75, 3.05) is 71.2 Å². The summed E-state index contributed by atoms with van der Waals surface area (Å²) < 4.78 is 16.4. The van der Waals surface area contributed by atoms with Crippen LogP contribution >= 0.6 is 70.1 Å². The third-order valence-corrected chi connectivity index (χ3v) is 26.8. The van der Waals surface area contributed by atoms with Crippen LogP contribution in [0.1, 0.15) is 128 Å². The number of hydrogen-bond acceptors (Lipinski definition) is 21. The summed E-state index contributed by atoms with van der Waals surface area (Å²) in [6, 6.07) is 31.7. The van der Waals surface area contributed by atoms with Gasteiger partial charge in [0.05, 0.1) is 72.5 Å². The number of halogens is 3. The quantitative estimate of drug-likeness (QED) is 0.0701. The number of anilines is 6. The molecule has 99 heavy (non-hydrogen) atoms. The zero-order valence-electron chi connectivity index (χ0n) is 56.4. The van der Waals surface area contributed by atoms with Crippen LogP contribution in [0.3, 0.4) is 0 Å². The van der Waals surface area contributed by atoms with Crippen molar-refractivity contribution in [2.45, 2.75) is 152 Å². The summed E-state index contributed by atoms with van der Waals surface area (Å²) in [5.74, 6) is 3.73. The van der Waals surface area contributed by atoms with Crippen molar-refractivity contribution in [1.82, 2.24) is 49.6 Å². The molecule has 19 nitrogen and oxygen atoms in total. The molecule has 26 heteroatoms. The summed E-state index contributed by atoms with van der Waals surface area (Å²) in [7, 11) is -1.14. The third kappa shape index (κ3) is 14.7. The van der Waals surface area contributed by atoms with E-state index < -0.39 is 11.0 Å². The Morgan fingerprint density at radius 2 is 0.869 bits per heavy atom. The fourth-order valence-corrected chi connectivity index (χ4v) is 19.2. The number of rotatable bonds is 11. The van der Waals surface area contributed by atoms with Crippen LogP contribution in [-0.4, -0.2) is 93.1 Å². The molecule has 6 aliphatic rings. The lowest BCUT2D eigenvalue weighted by Crippen LogP contribution is -2.48. The van der Waals surface area contributed by atoms with E-state index in [9.17, 15) is 4.21 Å². The van der Waals surface area contributed by atoms with E-state index >= 15 is 0 Å². The average Bonchev–Trinajstić information content (AvgIpc) is 1.64. The van der Waals surface area contributed by atoms with E-state index in [4.69, 9.17) is 88.4 Å². The summed E-state index contributed by atoms with van der Waals surface area (Å²) in [6.07, 6.45) is 19.8. The van der Waals surface area contributed by atoms with Gasteiger partial charge in [-0.15, -0.1) is 0 Å². The fourth-order valence-electron chi connectivity index (χ4n) is 15.1. The maximum absolute atomic E-state index is 13.1. The fraction of sp³-hybridized carbons (Fsp3) is 0.384. The summed E-state index contributed by atoms with van der Waals surface area (Å²) in [6.45, 7) is 17.6. The molecule has 11 N–H and O–H groups in total. The molecular weight excluding hydrogens is 1380 g/mol. The van der Waals surface area contributed by atoms with Gasteiger partial charge in [0.2, 0.25) is 0 Å². The Bertz CT molecular complexity index is 4480. The number of nitrogens with one attached hydrogen (secondary N) is 1. The van der Waals surface area contributed by atoms with Gasteiger partial charge in [-0.05, 0) is 167 Å². The highest BCUT2D eigenvalue weighted by Crippen LogP contribution is 2.55. The summed E-state index contributed by atoms with van der Waals surface area (Å²) in [5.41, 5.74) is 42.0. The first-order valence-electron chi connectivity index (χ1n) is 33.4. The second-order valence-corrected chi connectivity index (χ2v) is 34.0. The predicted molar refractivity (Wildman–Crippen MR) is 403 cm³/mol. The van der Waals surface area contributed by atoms with Crippen LogP contribution < -0.4 is 48.1 Å². The Morgan fingerprint density at radius 3 is 1.28 bits per heavy atom. The number of aromatic nitrogens is 9. The SMILES string of the molecule is Cc1nc(N2CCC3(CC2)Cc2ccccc2[C@H]3N)cnc1Sc1ccnc(N)c1Cl.Cc1nc(Sc2ccnc(N)c2Cl)cnc1N1CCC2(CC1)Cc1ccccc1[C@H]2N.Cc1nc(Sc2ccnc(N)c2Cl)cnc1N1CCC2(CC1)Cc1ccccc1[C@H]2N[S@](=O)C(C)(C)C. The standard InChI is InChI=1S/C27H33ClN6OS2.2C23H25ClN6S/c1-17-25(31-16-21(32-17)36-20-9-12-30-24(29)22(20)28)34-13-10-27(11-14-34)15-18-7-5-6-8-19(18)23(27)33-37(35)26(2,3)4;1-14-22(28-13-18(29-14)31-17-6-9-27-21(26)19(17)24)30-10-7-23(8-11-30)12-15-4-2-3-5-16(15)20(23)25;1-14-22(31-17-6-9-27-21(26)19(17)24)28-13-18(29-14)30-10-7-23(8-11-30)12-15-4-2-3-5-16(15)20(23)25/h5-9,12,16,23,33H,10-11,13-15H2,1-4H3,(H2,29,30);2*2-6,9,13,20H,7-8,10-12,25H2,1H3,(H2,26,27)/t23-,37-;2*20-/m111/s1. The normalized spacial score (nSPS) is 19.6. The highest BCUT2D eigenvalue weighted by molar-refractivity contribution is 8.00. The monoisotopic (exact) mass is 1460 g/mol. The Labute approximate surface area is 609 Å². The van der Waals surface area contributed by atoms with Gasteiger partial charge in [-0.25, -0.2) is 53.8 Å². The number of nitrogens with zero attached hydrogens (tertiary/aromatic N) is 12. The Balaban J connectivity index is 0.000000134. The van der Waals surface area contributed by atoms with Crippen LogP contribution in [0.4, 0.5) is 34.9 Å². The van der Waals surface area contributed by atoms with E-state index in [0.29, 0.717) is 32.5 Å². The van der Waals surface area contributed by atoms with E-state index in [1.165, 1.54) is 68.7 Å². The van der Waals surface area contributed by atoms with Crippen LogP contribution in [-0.2, 0) is 30.2 Å². The molecule has 4 atom stereocenters. The predicted octanol–water partition coefficient (Wildman–Crippen LogP) is 14.3. The van der Waals surface area contributed by atoms with E-state index in [0.717, 1.165) is 161 Å². The molecule has 9 heterocycles. The molecule has 516 valence electrons. The average molecular weight is 1460 g/mol. The number of fused-ring (bicyclic) bond motifs is 3. The second kappa shape index (κ2) is 29.2. The topological polar surface area (TPSA) is 285 Å². The van der Waals surface area contributed by atoms with Gasteiger partial charge in [-0.3, -0.25) is 0 Å². The van der Waals surface area contributed by atoms with Crippen molar-refractivity contribution >= 4 is 116 Å². The number of hydrogen-bond donors (Lipinski definition) is 6. The molecule has 15 rings (SSSR count). The largest absolute Gasteiger partial charge is 0.382 e. The molecule has 0 unspecified atom stereocenters. The molecule has 3 spiro atoms. The first-order chi connectivity index (χ1) is 47.5. The van der Waals surface area contributed by atoms with Crippen molar-refractivity contribution in [3.8, 4) is 0 Å². The van der Waals surface area contributed by atoms with Gasteiger partial charge in [0.1, 0.15) is 50.0 Å². The molecule has 0 saturated carbocycles. The zero-order valence-corrected chi connectivity index (χ0v) is 61.9. The van der Waals surface area contributed by atoms with Crippen LogP contribution in [0.5, 0.6) is 0 Å². The summed E-state index contributed by atoms with van der Waals surface area (Å²) >= 11 is 23.2. The van der Waals surface area contributed by atoms with E-state index in [1.54, 1.807) is 24.8 Å². The Hall–Kier alpha value is -6.90. The lowest BCUT2D eigenvalue weighted by atomic mass is 9.73. The van der Waals surface area contributed by atoms with Crippen LogP contribution in [0, 0.1) is 37.0 Å². The number of nitrogen functional groups attached to an aromatic ring is 3. The minimum Gasteiger partial charge on any atom is -0.382 e. The molecule has 0 radical (unpaired) electrons. The molecule has 3 saturated heterocycles. The summed E-state index contributed by atoms with van der Waals surface area (Å²) in [5, 5.41) is 3.71. The first kappa shape index (κ1) is 70.5. The van der Waals surface area contributed by atoms with Crippen molar-refractivity contribution < 1.29 is 4.21 Å². The molecule has 3 fully saturated rings. The molecule has 9 aromatic rings. The minimum atomic E-state index is -1.14. The lowest BCUT2D eigenvalue weighted by Gasteiger charge is -2.44. The van der Waals surface area contributed by atoms with Gasteiger partial charge in [0, 0.05) is 84.6 Å². The van der Waals surface area contributed by atoms with Crippen LogP contribution in [0.25, 0.3) is 0 Å². The first-order valence-corrected chi connectivity index (χ1v) is 38.2.